The molecule has 1 atom stereocenters. The molecule has 2 rings (SSSR count). The van der Waals surface area contributed by atoms with Crippen molar-refractivity contribution in [2.75, 3.05) is 6.61 Å². The quantitative estimate of drug-likeness (QED) is 0.509. The minimum atomic E-state index is -0.982. The van der Waals surface area contributed by atoms with Crippen LogP contribution in [-0.2, 0) is 6.54 Å². The van der Waals surface area contributed by atoms with Crippen LogP contribution in [-0.4, -0.2) is 32.1 Å². The number of ether oxygens (including phenoxy) is 1. The highest BCUT2D eigenvalue weighted by molar-refractivity contribution is 7.80. The van der Waals surface area contributed by atoms with Gasteiger partial charge in [0.05, 0.1) is 18.8 Å². The summed E-state index contributed by atoms with van der Waals surface area (Å²) in [7, 11) is 0. The third kappa shape index (κ3) is 5.34. The van der Waals surface area contributed by atoms with Crippen LogP contribution in [0.4, 0.5) is 4.39 Å². The van der Waals surface area contributed by atoms with Crippen molar-refractivity contribution in [2.24, 2.45) is 5.41 Å². The highest BCUT2D eigenvalue weighted by atomic mass is 35.5. The molecule has 1 unspecified atom stereocenters. The summed E-state index contributed by atoms with van der Waals surface area (Å²) >= 11 is 9.97. The second-order valence-corrected chi connectivity index (χ2v) is 8.22. The first-order valence-electron chi connectivity index (χ1n) is 8.49. The van der Waals surface area contributed by atoms with Gasteiger partial charge in [0.2, 0.25) is 0 Å². The summed E-state index contributed by atoms with van der Waals surface area (Å²) in [5.74, 6) is -0.293. The number of thiol groups is 1. The highest BCUT2D eigenvalue weighted by Gasteiger charge is 2.40. The normalized spacial score (nSPS) is 14.3. The minimum Gasteiger partial charge on any atom is -0.491 e. The van der Waals surface area contributed by atoms with E-state index in [2.05, 4.69) is 22.7 Å². The summed E-state index contributed by atoms with van der Waals surface area (Å²) in [4.78, 5) is 3.98. The zero-order chi connectivity index (χ0) is 19.4. The van der Waals surface area contributed by atoms with Gasteiger partial charge in [-0.25, -0.2) is 14.1 Å². The van der Waals surface area contributed by atoms with Crippen molar-refractivity contribution >= 4 is 24.2 Å². The summed E-state index contributed by atoms with van der Waals surface area (Å²) in [6.07, 6.45) is 3.38. The number of hydrogen-bond donors (Lipinski definition) is 2. The molecule has 2 aromatic rings. The standard InChI is InChI=1S/C18H25ClFN3O2S/c1-17(2,3)18(24,11-23-16(26)21-12-22-23)8-4-5-9-25-15-7-6-13(19)10-14(15)20/h6-7,10,12,24H,4-5,8-9,11H2,1-3H3,(H,21,22,26). The van der Waals surface area contributed by atoms with E-state index in [1.165, 1.54) is 18.5 Å². The number of aromatic nitrogens is 3. The molecule has 0 fully saturated rings. The van der Waals surface area contributed by atoms with Crippen molar-refractivity contribution in [1.29, 1.82) is 0 Å². The monoisotopic (exact) mass is 401 g/mol. The number of rotatable bonds is 8. The van der Waals surface area contributed by atoms with Crippen molar-refractivity contribution in [3.8, 4) is 5.75 Å². The van der Waals surface area contributed by atoms with Gasteiger partial charge in [-0.1, -0.05) is 32.4 Å². The number of benzene rings is 1. The zero-order valence-corrected chi connectivity index (χ0v) is 16.9. The van der Waals surface area contributed by atoms with Crippen LogP contribution in [0.5, 0.6) is 5.75 Å². The van der Waals surface area contributed by atoms with Crippen LogP contribution in [0.3, 0.4) is 0 Å². The molecule has 0 amide bonds. The molecule has 1 aromatic heterocycles. The van der Waals surface area contributed by atoms with Crippen molar-refractivity contribution in [2.45, 2.75) is 57.3 Å². The maximum atomic E-state index is 13.7. The Morgan fingerprint density at radius 3 is 2.62 bits per heavy atom. The fourth-order valence-corrected chi connectivity index (χ4v) is 2.94. The van der Waals surface area contributed by atoms with E-state index < -0.39 is 11.4 Å². The van der Waals surface area contributed by atoms with Gasteiger partial charge < -0.3 is 9.84 Å². The summed E-state index contributed by atoms with van der Waals surface area (Å²) in [5, 5.41) is 16.1. The summed E-state index contributed by atoms with van der Waals surface area (Å²) < 4.78 is 20.7. The van der Waals surface area contributed by atoms with Crippen LogP contribution in [0.15, 0.2) is 29.7 Å². The molecule has 0 aliphatic heterocycles. The molecule has 1 N–H and O–H groups in total. The predicted molar refractivity (Wildman–Crippen MR) is 102 cm³/mol. The van der Waals surface area contributed by atoms with Gasteiger partial charge in [-0.05, 0) is 42.9 Å². The van der Waals surface area contributed by atoms with Crippen LogP contribution >= 0.6 is 24.2 Å². The Morgan fingerprint density at radius 1 is 1.31 bits per heavy atom. The molecular weight excluding hydrogens is 377 g/mol. The lowest BCUT2D eigenvalue weighted by Gasteiger charge is -2.40. The fourth-order valence-electron chi connectivity index (χ4n) is 2.60. The zero-order valence-electron chi connectivity index (χ0n) is 15.2. The maximum absolute atomic E-state index is 13.7. The van der Waals surface area contributed by atoms with Gasteiger partial charge >= 0.3 is 0 Å². The largest absolute Gasteiger partial charge is 0.491 e. The number of unbranched alkanes of at least 4 members (excludes halogenated alkanes) is 1. The van der Waals surface area contributed by atoms with Crippen LogP contribution in [0.1, 0.15) is 40.0 Å². The van der Waals surface area contributed by atoms with Gasteiger partial charge in [0.1, 0.15) is 6.33 Å². The van der Waals surface area contributed by atoms with Gasteiger partial charge in [-0.2, -0.15) is 5.10 Å². The predicted octanol–water partition coefficient (Wildman–Crippen LogP) is 4.39. The molecule has 144 valence electrons. The van der Waals surface area contributed by atoms with Crippen LogP contribution in [0.2, 0.25) is 5.02 Å². The lowest BCUT2D eigenvalue weighted by atomic mass is 9.73. The number of aliphatic hydroxyl groups is 1. The molecule has 1 aromatic carbocycles. The molecule has 0 aliphatic carbocycles. The Balaban J connectivity index is 1.88. The molecular formula is C18H25ClFN3O2S. The number of halogens is 2. The van der Waals surface area contributed by atoms with E-state index in [0.717, 1.165) is 6.42 Å². The van der Waals surface area contributed by atoms with Crippen molar-refractivity contribution < 1.29 is 14.2 Å². The molecule has 8 heteroatoms. The summed E-state index contributed by atoms with van der Waals surface area (Å²) in [6, 6.07) is 4.33. The Morgan fingerprint density at radius 2 is 2.04 bits per heavy atom. The Hall–Kier alpha value is -1.31. The molecule has 5 nitrogen and oxygen atoms in total. The number of nitrogens with zero attached hydrogens (tertiary/aromatic N) is 3. The molecule has 0 bridgehead atoms. The van der Waals surface area contributed by atoms with E-state index in [9.17, 15) is 9.50 Å². The van der Waals surface area contributed by atoms with Crippen molar-refractivity contribution in [1.82, 2.24) is 14.8 Å². The van der Waals surface area contributed by atoms with Gasteiger partial charge in [0.25, 0.3) is 0 Å². The van der Waals surface area contributed by atoms with E-state index in [1.54, 1.807) is 10.7 Å². The molecule has 0 radical (unpaired) electrons. The Kier molecular flexibility index (Phi) is 6.93. The van der Waals surface area contributed by atoms with Crippen LogP contribution in [0.25, 0.3) is 0 Å². The second kappa shape index (κ2) is 8.59. The molecule has 0 aliphatic rings. The van der Waals surface area contributed by atoms with Gasteiger partial charge in [-0.15, -0.1) is 12.6 Å². The highest BCUT2D eigenvalue weighted by Crippen LogP contribution is 2.36. The molecule has 0 saturated carbocycles. The third-order valence-corrected chi connectivity index (χ3v) is 5.12. The Bertz CT molecular complexity index is 735. The van der Waals surface area contributed by atoms with E-state index >= 15 is 0 Å². The van der Waals surface area contributed by atoms with Crippen molar-refractivity contribution in [3.63, 3.8) is 0 Å². The lowest BCUT2D eigenvalue weighted by molar-refractivity contribution is -0.0833. The fraction of sp³-hybridized carbons (Fsp3) is 0.556. The van der Waals surface area contributed by atoms with Crippen LogP contribution < -0.4 is 4.74 Å². The first kappa shape index (κ1) is 21.0. The first-order chi connectivity index (χ1) is 12.1. The average Bonchev–Trinajstić information content (AvgIpc) is 2.92. The maximum Gasteiger partial charge on any atom is 0.183 e. The smallest absolute Gasteiger partial charge is 0.183 e. The van der Waals surface area contributed by atoms with Gasteiger partial charge in [-0.3, -0.25) is 0 Å². The van der Waals surface area contributed by atoms with Gasteiger partial charge in [0, 0.05) is 5.02 Å². The topological polar surface area (TPSA) is 60.2 Å². The van der Waals surface area contributed by atoms with Crippen molar-refractivity contribution in [3.05, 3.63) is 35.4 Å². The molecule has 26 heavy (non-hydrogen) atoms. The van der Waals surface area contributed by atoms with E-state index in [1.807, 2.05) is 20.8 Å². The van der Waals surface area contributed by atoms with E-state index in [4.69, 9.17) is 16.3 Å². The summed E-state index contributed by atoms with van der Waals surface area (Å²) in [5.41, 5.74) is -1.34. The van der Waals surface area contributed by atoms with E-state index in [-0.39, 0.29) is 11.2 Å². The van der Waals surface area contributed by atoms with Gasteiger partial charge in [0.15, 0.2) is 16.7 Å². The number of hydrogen-bond acceptors (Lipinski definition) is 5. The Labute approximate surface area is 163 Å². The SMILES string of the molecule is CC(C)(C)C(O)(CCCCOc1ccc(Cl)cc1F)Cn1ncnc1S. The first-order valence-corrected chi connectivity index (χ1v) is 9.32. The van der Waals surface area contributed by atoms with E-state index in [0.29, 0.717) is 36.2 Å². The third-order valence-electron chi connectivity index (χ3n) is 4.54. The average molecular weight is 402 g/mol. The molecule has 0 saturated heterocycles. The second-order valence-electron chi connectivity index (χ2n) is 7.38. The lowest BCUT2D eigenvalue weighted by Crippen LogP contribution is -2.46. The molecule has 0 spiro atoms. The molecule has 1 heterocycles. The summed E-state index contributed by atoms with van der Waals surface area (Å²) in [6.45, 7) is 6.63. The minimum absolute atomic E-state index is 0.183. The van der Waals surface area contributed by atoms with Crippen LogP contribution in [0, 0.1) is 11.2 Å².